The highest BCUT2D eigenvalue weighted by atomic mass is 19.1. The number of rotatable bonds is 6. The largest absolute Gasteiger partial charge is 0.453 e. The number of halogens is 1. The van der Waals surface area contributed by atoms with Crippen LogP contribution in [0.3, 0.4) is 0 Å². The molecule has 3 aromatic heterocycles. The van der Waals surface area contributed by atoms with Crippen LogP contribution in [0.25, 0.3) is 11.0 Å². The van der Waals surface area contributed by atoms with Crippen LogP contribution in [-0.4, -0.2) is 26.9 Å². The predicted octanol–water partition coefficient (Wildman–Crippen LogP) is 3.71. The molecule has 4 N–H and O–H groups in total. The quantitative estimate of drug-likeness (QED) is 0.453. The number of aryl methyl sites for hydroxylation is 1. The van der Waals surface area contributed by atoms with Crippen molar-refractivity contribution in [2.45, 2.75) is 19.4 Å². The lowest BCUT2D eigenvalue weighted by Crippen LogP contribution is -2.37. The minimum atomic E-state index is -0.835. The molecule has 0 aliphatic rings. The van der Waals surface area contributed by atoms with Crippen LogP contribution in [0.2, 0.25) is 0 Å². The van der Waals surface area contributed by atoms with Gasteiger partial charge in [0.05, 0.1) is 23.3 Å². The first-order valence-corrected chi connectivity index (χ1v) is 9.36. The number of aromatic nitrogens is 3. The minimum absolute atomic E-state index is 0.0835. The van der Waals surface area contributed by atoms with Gasteiger partial charge in [0.15, 0.2) is 11.6 Å². The molecule has 0 radical (unpaired) electrons. The first-order valence-electron chi connectivity index (χ1n) is 9.36. The zero-order valence-electron chi connectivity index (χ0n) is 16.2. The van der Waals surface area contributed by atoms with Crippen molar-refractivity contribution in [2.75, 3.05) is 5.32 Å². The Labute approximate surface area is 172 Å². The van der Waals surface area contributed by atoms with Gasteiger partial charge < -0.3 is 20.8 Å². The second-order valence-corrected chi connectivity index (χ2v) is 6.91. The van der Waals surface area contributed by atoms with Gasteiger partial charge in [0.2, 0.25) is 5.91 Å². The highest BCUT2D eigenvalue weighted by Gasteiger charge is 2.17. The third-order valence-corrected chi connectivity index (χ3v) is 4.67. The summed E-state index contributed by atoms with van der Waals surface area (Å²) in [7, 11) is 0. The van der Waals surface area contributed by atoms with Gasteiger partial charge in [-0.1, -0.05) is 6.07 Å². The van der Waals surface area contributed by atoms with Gasteiger partial charge in [-0.05, 0) is 54.8 Å². The fourth-order valence-electron chi connectivity index (χ4n) is 3.16. The van der Waals surface area contributed by atoms with Crippen molar-refractivity contribution in [1.82, 2.24) is 15.0 Å². The molecule has 0 fully saturated rings. The average molecular weight is 405 g/mol. The van der Waals surface area contributed by atoms with E-state index in [9.17, 15) is 9.18 Å². The number of amides is 1. The number of hydrogen-bond donors (Lipinski definition) is 3. The molecule has 0 saturated heterocycles. The van der Waals surface area contributed by atoms with Crippen LogP contribution in [0.15, 0.2) is 61.2 Å². The highest BCUT2D eigenvalue weighted by molar-refractivity contribution is 5.94. The van der Waals surface area contributed by atoms with E-state index >= 15 is 0 Å². The summed E-state index contributed by atoms with van der Waals surface area (Å²) in [5.41, 5.74) is 8.75. The molecule has 1 amide bonds. The maximum absolute atomic E-state index is 14.7. The molecule has 1 unspecified atom stereocenters. The van der Waals surface area contributed by atoms with Gasteiger partial charge in [0.25, 0.3) is 0 Å². The second-order valence-electron chi connectivity index (χ2n) is 6.91. The maximum Gasteiger partial charge on any atom is 0.241 e. The fourth-order valence-corrected chi connectivity index (χ4v) is 3.16. The zero-order valence-corrected chi connectivity index (χ0v) is 16.2. The summed E-state index contributed by atoms with van der Waals surface area (Å²) in [5.74, 6) is -0.311. The molecule has 0 bridgehead atoms. The van der Waals surface area contributed by atoms with Gasteiger partial charge in [0, 0.05) is 18.6 Å². The van der Waals surface area contributed by atoms with Crippen molar-refractivity contribution in [2.24, 2.45) is 5.73 Å². The number of H-pyrrole nitrogens is 1. The lowest BCUT2D eigenvalue weighted by atomic mass is 10.1. The summed E-state index contributed by atoms with van der Waals surface area (Å²) >= 11 is 0. The molecule has 4 aromatic rings. The second kappa shape index (κ2) is 8.30. The summed E-state index contributed by atoms with van der Waals surface area (Å²) < 4.78 is 20.5. The first-order chi connectivity index (χ1) is 14.5. The van der Waals surface area contributed by atoms with Gasteiger partial charge in [-0.25, -0.2) is 9.37 Å². The third kappa shape index (κ3) is 4.13. The van der Waals surface area contributed by atoms with Crippen molar-refractivity contribution >= 4 is 22.6 Å². The minimum Gasteiger partial charge on any atom is -0.453 e. The lowest BCUT2D eigenvalue weighted by molar-refractivity contribution is -0.117. The van der Waals surface area contributed by atoms with E-state index in [4.69, 9.17) is 10.5 Å². The molecule has 1 aromatic carbocycles. The predicted molar refractivity (Wildman–Crippen MR) is 112 cm³/mol. The molecule has 0 aliphatic carbocycles. The Kier molecular flexibility index (Phi) is 5.40. The molecule has 30 heavy (non-hydrogen) atoms. The number of ether oxygens (including phenoxy) is 1. The van der Waals surface area contributed by atoms with E-state index in [-0.39, 0.29) is 18.1 Å². The number of hydrogen-bond acceptors (Lipinski definition) is 5. The summed E-state index contributed by atoms with van der Waals surface area (Å²) in [4.78, 5) is 23.5. The van der Waals surface area contributed by atoms with Crippen molar-refractivity contribution in [3.8, 4) is 11.5 Å². The van der Waals surface area contributed by atoms with E-state index in [1.54, 1.807) is 36.7 Å². The van der Waals surface area contributed by atoms with Gasteiger partial charge in [-0.2, -0.15) is 0 Å². The Balaban J connectivity index is 1.46. The van der Waals surface area contributed by atoms with Crippen LogP contribution in [0.5, 0.6) is 11.5 Å². The number of carbonyl (C=O) groups is 1. The summed E-state index contributed by atoms with van der Waals surface area (Å²) in [6.45, 7) is 1.92. The standard InChI is InChI=1S/C22H20FN5O2/c1-13-11-27-21-20(13)19(6-8-26-21)30-18-5-4-14(9-16(18)23)10-17(24)22(29)28-15-3-2-7-25-12-15/h2-9,11-12,17H,10,24H2,1H3,(H,26,27)(H,28,29). The maximum atomic E-state index is 14.7. The van der Waals surface area contributed by atoms with E-state index in [1.807, 2.05) is 13.1 Å². The monoisotopic (exact) mass is 405 g/mol. The molecule has 3 heterocycles. The lowest BCUT2D eigenvalue weighted by Gasteiger charge is -2.13. The Bertz CT molecular complexity index is 1190. The molecule has 0 spiro atoms. The molecule has 8 heteroatoms. The Morgan fingerprint density at radius 2 is 2.13 bits per heavy atom. The number of benzene rings is 1. The number of fused-ring (bicyclic) bond motifs is 1. The fraction of sp³-hybridized carbons (Fsp3) is 0.136. The van der Waals surface area contributed by atoms with E-state index < -0.39 is 11.9 Å². The number of anilines is 1. The number of nitrogens with two attached hydrogens (primary N) is 1. The number of pyridine rings is 2. The summed E-state index contributed by atoms with van der Waals surface area (Å²) in [5, 5.41) is 3.49. The Morgan fingerprint density at radius 3 is 2.90 bits per heavy atom. The molecule has 1 atom stereocenters. The van der Waals surface area contributed by atoms with Gasteiger partial charge in [0.1, 0.15) is 11.4 Å². The molecule has 0 aliphatic heterocycles. The van der Waals surface area contributed by atoms with E-state index in [0.29, 0.717) is 22.6 Å². The Hall–Kier alpha value is -3.78. The van der Waals surface area contributed by atoms with Crippen LogP contribution in [0.4, 0.5) is 10.1 Å². The molecule has 7 nitrogen and oxygen atoms in total. The normalized spacial score (nSPS) is 12.0. The van der Waals surface area contributed by atoms with Gasteiger partial charge in [-0.15, -0.1) is 0 Å². The first kappa shape index (κ1) is 19.5. The van der Waals surface area contributed by atoms with E-state index in [0.717, 1.165) is 10.9 Å². The molecule has 4 rings (SSSR count). The molecular formula is C22H20FN5O2. The summed E-state index contributed by atoms with van der Waals surface area (Å²) in [6.07, 6.45) is 6.73. The van der Waals surface area contributed by atoms with Gasteiger partial charge in [-0.3, -0.25) is 9.78 Å². The number of nitrogens with one attached hydrogen (secondary N) is 2. The molecule has 0 saturated carbocycles. The van der Waals surface area contributed by atoms with E-state index in [1.165, 1.54) is 18.3 Å². The third-order valence-electron chi connectivity index (χ3n) is 4.67. The van der Waals surface area contributed by atoms with Crippen LogP contribution in [0, 0.1) is 12.7 Å². The number of nitrogens with zero attached hydrogens (tertiary/aromatic N) is 2. The topological polar surface area (TPSA) is 106 Å². The zero-order chi connectivity index (χ0) is 21.1. The smallest absolute Gasteiger partial charge is 0.241 e. The number of aromatic amines is 1. The molecule has 152 valence electrons. The van der Waals surface area contributed by atoms with Crippen LogP contribution in [-0.2, 0) is 11.2 Å². The highest BCUT2D eigenvalue weighted by Crippen LogP contribution is 2.32. The van der Waals surface area contributed by atoms with Crippen molar-refractivity contribution < 1.29 is 13.9 Å². The van der Waals surface area contributed by atoms with Crippen LogP contribution >= 0.6 is 0 Å². The Morgan fingerprint density at radius 1 is 1.27 bits per heavy atom. The van der Waals surface area contributed by atoms with Gasteiger partial charge >= 0.3 is 0 Å². The van der Waals surface area contributed by atoms with Crippen molar-refractivity contribution in [3.05, 3.63) is 78.1 Å². The van der Waals surface area contributed by atoms with Crippen LogP contribution in [0.1, 0.15) is 11.1 Å². The van der Waals surface area contributed by atoms with Crippen molar-refractivity contribution in [3.63, 3.8) is 0 Å². The molecular weight excluding hydrogens is 385 g/mol. The SMILES string of the molecule is Cc1c[nH]c2nccc(Oc3ccc(CC(N)C(=O)Nc4cccnc4)cc3F)c12. The summed E-state index contributed by atoms with van der Waals surface area (Å²) in [6, 6.07) is 8.83. The average Bonchev–Trinajstić information content (AvgIpc) is 3.12. The van der Waals surface area contributed by atoms with E-state index in [2.05, 4.69) is 20.3 Å². The number of carbonyl (C=O) groups excluding carboxylic acids is 1. The van der Waals surface area contributed by atoms with Crippen LogP contribution < -0.4 is 15.8 Å². The van der Waals surface area contributed by atoms with Crippen molar-refractivity contribution in [1.29, 1.82) is 0 Å².